The molecule has 0 radical (unpaired) electrons. The molecule has 2 aromatic carbocycles. The van der Waals surface area contributed by atoms with Crippen LogP contribution in [-0.4, -0.2) is 15.5 Å². The Bertz CT molecular complexity index is 1170. The van der Waals surface area contributed by atoms with E-state index >= 15 is 0 Å². The lowest BCUT2D eigenvalue weighted by Crippen LogP contribution is -2.13. The molecule has 1 aliphatic carbocycles. The fourth-order valence-corrected chi connectivity index (χ4v) is 4.54. The van der Waals surface area contributed by atoms with Gasteiger partial charge in [-0.1, -0.05) is 49.6 Å². The van der Waals surface area contributed by atoms with E-state index in [0.717, 1.165) is 28.2 Å². The van der Waals surface area contributed by atoms with E-state index in [0.29, 0.717) is 17.2 Å². The summed E-state index contributed by atoms with van der Waals surface area (Å²) in [6.07, 6.45) is 12.0. The Morgan fingerprint density at radius 3 is 2.76 bits per heavy atom. The lowest BCUT2D eigenvalue weighted by atomic mass is 9.89. The molecular formula is C25H24N2O2. The minimum absolute atomic E-state index is 0.319. The van der Waals surface area contributed by atoms with Crippen LogP contribution in [0.15, 0.2) is 67.1 Å². The molecule has 5 rings (SSSR count). The van der Waals surface area contributed by atoms with Gasteiger partial charge in [0, 0.05) is 41.4 Å². The molecule has 1 aliphatic rings. The van der Waals surface area contributed by atoms with Crippen molar-refractivity contribution in [3.05, 3.63) is 72.7 Å². The molecule has 4 aromatic rings. The number of nitrogens with zero attached hydrogens (tertiary/aromatic N) is 2. The fourth-order valence-electron chi connectivity index (χ4n) is 4.54. The number of aromatic nitrogens is 2. The molecule has 146 valence electrons. The Labute approximate surface area is 170 Å². The number of para-hydroxylation sites is 1. The van der Waals surface area contributed by atoms with Crippen LogP contribution in [0.4, 0.5) is 0 Å². The third-order valence-electron chi connectivity index (χ3n) is 6.03. The lowest BCUT2D eigenvalue weighted by molar-refractivity contribution is 0.0739. The number of fused-ring (bicyclic) bond motifs is 2. The fraction of sp³-hybridized carbons (Fsp3) is 0.280. The zero-order valence-corrected chi connectivity index (χ0v) is 16.4. The SMILES string of the molecule is O=C(Oc1cccc2ccncc12)c1cn(CC2CCCCC2)c2ccccc12. The molecule has 4 nitrogen and oxygen atoms in total. The molecule has 0 aliphatic heterocycles. The second kappa shape index (κ2) is 7.70. The lowest BCUT2D eigenvalue weighted by Gasteiger charge is -2.22. The highest BCUT2D eigenvalue weighted by Gasteiger charge is 2.20. The van der Waals surface area contributed by atoms with E-state index in [2.05, 4.69) is 15.6 Å². The first-order valence-corrected chi connectivity index (χ1v) is 10.4. The van der Waals surface area contributed by atoms with E-state index in [-0.39, 0.29) is 5.97 Å². The Kier molecular flexibility index (Phi) is 4.76. The number of ether oxygens (including phenoxy) is 1. The highest BCUT2D eigenvalue weighted by molar-refractivity contribution is 6.06. The molecule has 4 heteroatoms. The van der Waals surface area contributed by atoms with E-state index in [1.54, 1.807) is 12.4 Å². The molecule has 0 N–H and O–H groups in total. The molecule has 0 bridgehead atoms. The molecule has 1 fully saturated rings. The predicted octanol–water partition coefficient (Wildman–Crippen LogP) is 5.99. The zero-order valence-electron chi connectivity index (χ0n) is 16.4. The number of pyridine rings is 1. The summed E-state index contributed by atoms with van der Waals surface area (Å²) in [5.41, 5.74) is 1.72. The van der Waals surface area contributed by atoms with Crippen molar-refractivity contribution in [3.63, 3.8) is 0 Å². The van der Waals surface area contributed by atoms with Crippen LogP contribution in [0, 0.1) is 5.92 Å². The summed E-state index contributed by atoms with van der Waals surface area (Å²) in [4.78, 5) is 17.3. The maximum atomic E-state index is 13.1. The van der Waals surface area contributed by atoms with E-state index in [9.17, 15) is 4.79 Å². The third-order valence-corrected chi connectivity index (χ3v) is 6.03. The summed E-state index contributed by atoms with van der Waals surface area (Å²) in [5.74, 6) is 0.914. The Balaban J connectivity index is 1.48. The summed E-state index contributed by atoms with van der Waals surface area (Å²) in [5, 5.41) is 2.80. The van der Waals surface area contributed by atoms with Crippen LogP contribution in [-0.2, 0) is 6.54 Å². The van der Waals surface area contributed by atoms with Crippen molar-refractivity contribution >= 4 is 27.6 Å². The molecular weight excluding hydrogens is 360 g/mol. The molecule has 2 heterocycles. The first-order chi connectivity index (χ1) is 14.3. The number of hydrogen-bond donors (Lipinski definition) is 0. The van der Waals surface area contributed by atoms with Gasteiger partial charge in [-0.2, -0.15) is 0 Å². The van der Waals surface area contributed by atoms with E-state index in [4.69, 9.17) is 4.74 Å². The first-order valence-electron chi connectivity index (χ1n) is 10.4. The predicted molar refractivity (Wildman–Crippen MR) is 115 cm³/mol. The maximum absolute atomic E-state index is 13.1. The minimum Gasteiger partial charge on any atom is -0.422 e. The number of benzene rings is 2. The van der Waals surface area contributed by atoms with Crippen LogP contribution in [0.2, 0.25) is 0 Å². The highest BCUT2D eigenvalue weighted by atomic mass is 16.5. The van der Waals surface area contributed by atoms with Gasteiger partial charge in [0.15, 0.2) is 0 Å². The van der Waals surface area contributed by atoms with Crippen molar-refractivity contribution in [2.45, 2.75) is 38.6 Å². The summed E-state index contributed by atoms with van der Waals surface area (Å²) in [6.45, 7) is 0.964. The summed E-state index contributed by atoms with van der Waals surface area (Å²) >= 11 is 0. The van der Waals surface area contributed by atoms with Crippen LogP contribution in [0.3, 0.4) is 0 Å². The van der Waals surface area contributed by atoms with Crippen molar-refractivity contribution in [2.24, 2.45) is 5.92 Å². The van der Waals surface area contributed by atoms with Crippen LogP contribution < -0.4 is 4.74 Å². The van der Waals surface area contributed by atoms with E-state index < -0.39 is 0 Å². The van der Waals surface area contributed by atoms with Gasteiger partial charge in [-0.25, -0.2) is 4.79 Å². The summed E-state index contributed by atoms with van der Waals surface area (Å²) in [6, 6.07) is 15.7. The number of carbonyl (C=O) groups excluding carboxylic acids is 1. The number of hydrogen-bond acceptors (Lipinski definition) is 3. The van der Waals surface area contributed by atoms with Crippen LogP contribution in [0.25, 0.3) is 21.7 Å². The summed E-state index contributed by atoms with van der Waals surface area (Å²) < 4.78 is 8.08. The average Bonchev–Trinajstić information content (AvgIpc) is 3.13. The van der Waals surface area contributed by atoms with Gasteiger partial charge >= 0.3 is 5.97 Å². The summed E-state index contributed by atoms with van der Waals surface area (Å²) in [7, 11) is 0. The quantitative estimate of drug-likeness (QED) is 0.321. The Hall–Kier alpha value is -3.14. The molecule has 0 atom stereocenters. The second-order valence-corrected chi connectivity index (χ2v) is 7.96. The van der Waals surface area contributed by atoms with Gasteiger partial charge < -0.3 is 9.30 Å². The van der Waals surface area contributed by atoms with Crippen LogP contribution in [0.5, 0.6) is 5.75 Å². The smallest absolute Gasteiger partial charge is 0.345 e. The monoisotopic (exact) mass is 384 g/mol. The third kappa shape index (κ3) is 3.51. The van der Waals surface area contributed by atoms with Gasteiger partial charge in [-0.3, -0.25) is 4.98 Å². The van der Waals surface area contributed by atoms with E-state index in [1.165, 1.54) is 32.1 Å². The van der Waals surface area contributed by atoms with Gasteiger partial charge in [0.2, 0.25) is 0 Å². The average molecular weight is 384 g/mol. The van der Waals surface area contributed by atoms with E-state index in [1.807, 2.05) is 48.7 Å². The normalized spacial score (nSPS) is 15.0. The van der Waals surface area contributed by atoms with Gasteiger partial charge in [0.25, 0.3) is 0 Å². The van der Waals surface area contributed by atoms with Gasteiger partial charge in [-0.15, -0.1) is 0 Å². The molecule has 0 saturated heterocycles. The maximum Gasteiger partial charge on any atom is 0.345 e. The number of esters is 1. The molecule has 0 unspecified atom stereocenters. The standard InChI is InChI=1S/C25H24N2O2/c28-25(29-24-12-6-9-19-13-14-26-15-21(19)24)22-17-27(16-18-7-2-1-3-8-18)23-11-5-4-10-20(22)23/h4-6,9-15,17-18H,1-3,7-8,16H2. The molecule has 0 amide bonds. The van der Waals surface area contributed by atoms with Crippen molar-refractivity contribution in [1.29, 1.82) is 0 Å². The van der Waals surface area contributed by atoms with Gasteiger partial charge in [0.1, 0.15) is 5.75 Å². The molecule has 1 saturated carbocycles. The molecule has 0 spiro atoms. The zero-order chi connectivity index (χ0) is 19.6. The number of rotatable bonds is 4. The largest absolute Gasteiger partial charge is 0.422 e. The van der Waals surface area contributed by atoms with Crippen LogP contribution >= 0.6 is 0 Å². The minimum atomic E-state index is -0.319. The second-order valence-electron chi connectivity index (χ2n) is 7.96. The van der Waals surface area contributed by atoms with Crippen molar-refractivity contribution < 1.29 is 9.53 Å². The molecule has 2 aromatic heterocycles. The van der Waals surface area contributed by atoms with Gasteiger partial charge in [-0.05, 0) is 42.3 Å². The van der Waals surface area contributed by atoms with Crippen molar-refractivity contribution in [1.82, 2.24) is 9.55 Å². The van der Waals surface area contributed by atoms with Crippen molar-refractivity contribution in [2.75, 3.05) is 0 Å². The first kappa shape index (κ1) is 17.9. The number of carbonyl (C=O) groups is 1. The highest BCUT2D eigenvalue weighted by Crippen LogP contribution is 2.30. The van der Waals surface area contributed by atoms with Gasteiger partial charge in [0.05, 0.1) is 5.56 Å². The Morgan fingerprint density at radius 2 is 1.86 bits per heavy atom. The topological polar surface area (TPSA) is 44.1 Å². The molecule has 29 heavy (non-hydrogen) atoms. The van der Waals surface area contributed by atoms with Crippen LogP contribution in [0.1, 0.15) is 42.5 Å². The Morgan fingerprint density at radius 1 is 1.00 bits per heavy atom. The van der Waals surface area contributed by atoms with Crippen molar-refractivity contribution in [3.8, 4) is 5.75 Å².